The Kier molecular flexibility index (Phi) is 6.53. The molecule has 2 aromatic carbocycles. The van der Waals surface area contributed by atoms with Gasteiger partial charge in [0.15, 0.2) is 0 Å². The standard InChI is InChI=1S/C19H14F6N2O2S2/c20-18(21,22)12-5-7-13(8-6-12)31(28,29)26-9-10-30-16-11-17(19(23,24)25)27-15-4-2-1-3-14(15)16/h1-8,11,26H,9-10H2. The number of halogens is 6. The van der Waals surface area contributed by atoms with E-state index in [1.54, 1.807) is 18.2 Å². The SMILES string of the molecule is O=S(=O)(NCCSc1cc(C(F)(F)F)nc2ccccc12)c1ccc(C(F)(F)F)cc1. The van der Waals surface area contributed by atoms with E-state index in [4.69, 9.17) is 0 Å². The van der Waals surface area contributed by atoms with E-state index >= 15 is 0 Å². The minimum absolute atomic E-state index is 0.0885. The smallest absolute Gasteiger partial charge is 0.243 e. The van der Waals surface area contributed by atoms with Crippen LogP contribution in [0.1, 0.15) is 11.3 Å². The number of pyridine rings is 1. The van der Waals surface area contributed by atoms with E-state index in [1.807, 2.05) is 0 Å². The molecular formula is C19H14F6N2O2S2. The highest BCUT2D eigenvalue weighted by Crippen LogP contribution is 2.34. The topological polar surface area (TPSA) is 59.1 Å². The third kappa shape index (κ3) is 5.69. The van der Waals surface area contributed by atoms with Crippen molar-refractivity contribution < 1.29 is 34.8 Å². The van der Waals surface area contributed by atoms with Crippen molar-refractivity contribution in [3.63, 3.8) is 0 Å². The predicted octanol–water partition coefficient (Wildman–Crippen LogP) is 5.34. The van der Waals surface area contributed by atoms with E-state index in [1.165, 1.54) is 6.07 Å². The maximum atomic E-state index is 13.1. The van der Waals surface area contributed by atoms with Gasteiger partial charge in [0.05, 0.1) is 16.0 Å². The summed E-state index contributed by atoms with van der Waals surface area (Å²) in [5.74, 6) is 0.0885. The van der Waals surface area contributed by atoms with Crippen molar-refractivity contribution in [3.8, 4) is 0 Å². The quantitative estimate of drug-likeness (QED) is 0.294. The predicted molar refractivity (Wildman–Crippen MR) is 104 cm³/mol. The minimum atomic E-state index is -4.64. The fourth-order valence-corrected chi connectivity index (χ4v) is 4.76. The van der Waals surface area contributed by atoms with Gasteiger partial charge in [-0.3, -0.25) is 0 Å². The largest absolute Gasteiger partial charge is 0.433 e. The van der Waals surface area contributed by atoms with Gasteiger partial charge < -0.3 is 0 Å². The summed E-state index contributed by atoms with van der Waals surface area (Å²) in [5, 5.41) is 0.492. The highest BCUT2D eigenvalue weighted by molar-refractivity contribution is 7.99. The highest BCUT2D eigenvalue weighted by atomic mass is 32.2. The molecule has 0 saturated heterocycles. The van der Waals surface area contributed by atoms with Crippen LogP contribution in [-0.2, 0) is 22.4 Å². The molecule has 4 nitrogen and oxygen atoms in total. The van der Waals surface area contributed by atoms with Gasteiger partial charge >= 0.3 is 12.4 Å². The number of hydrogen-bond donors (Lipinski definition) is 1. The number of fused-ring (bicyclic) bond motifs is 1. The van der Waals surface area contributed by atoms with Crippen LogP contribution < -0.4 is 4.72 Å². The number of benzene rings is 2. The van der Waals surface area contributed by atoms with Crippen LogP contribution in [0.4, 0.5) is 26.3 Å². The zero-order valence-corrected chi connectivity index (χ0v) is 17.1. The van der Waals surface area contributed by atoms with Gasteiger partial charge in [0, 0.05) is 22.6 Å². The Morgan fingerprint density at radius 1 is 0.903 bits per heavy atom. The molecule has 1 aromatic heterocycles. The molecule has 1 heterocycles. The minimum Gasteiger partial charge on any atom is -0.243 e. The first-order chi connectivity index (χ1) is 14.4. The molecule has 1 N–H and O–H groups in total. The summed E-state index contributed by atoms with van der Waals surface area (Å²) >= 11 is 1.01. The monoisotopic (exact) mass is 480 g/mol. The third-order valence-corrected chi connectivity index (χ3v) is 6.65. The molecule has 0 amide bonds. The average Bonchev–Trinajstić information content (AvgIpc) is 2.69. The summed E-state index contributed by atoms with van der Waals surface area (Å²) in [4.78, 5) is 3.54. The summed E-state index contributed by atoms with van der Waals surface area (Å²) in [7, 11) is -4.07. The van der Waals surface area contributed by atoms with Crippen LogP contribution in [0, 0.1) is 0 Å². The Morgan fingerprint density at radius 2 is 1.55 bits per heavy atom. The number of thioether (sulfide) groups is 1. The van der Waals surface area contributed by atoms with Crippen LogP contribution in [0.15, 0.2) is 64.4 Å². The lowest BCUT2D eigenvalue weighted by molar-refractivity contribution is -0.141. The second kappa shape index (κ2) is 8.67. The van der Waals surface area contributed by atoms with Gasteiger partial charge in [-0.25, -0.2) is 18.1 Å². The molecule has 31 heavy (non-hydrogen) atoms. The van der Waals surface area contributed by atoms with Gasteiger partial charge in [-0.05, 0) is 36.4 Å². The van der Waals surface area contributed by atoms with Crippen LogP contribution in [0.3, 0.4) is 0 Å². The molecule has 0 aliphatic rings. The molecule has 12 heteroatoms. The van der Waals surface area contributed by atoms with Gasteiger partial charge in [-0.1, -0.05) is 18.2 Å². The molecule has 0 aliphatic carbocycles. The van der Waals surface area contributed by atoms with Crippen LogP contribution in [0.2, 0.25) is 0 Å². The number of nitrogens with one attached hydrogen (secondary N) is 1. The molecule has 0 spiro atoms. The maximum absolute atomic E-state index is 13.1. The van der Waals surface area contributed by atoms with Crippen LogP contribution in [0.5, 0.6) is 0 Å². The molecule has 3 aromatic rings. The molecule has 0 radical (unpaired) electrons. The van der Waals surface area contributed by atoms with E-state index in [9.17, 15) is 34.8 Å². The second-order valence-electron chi connectivity index (χ2n) is 6.29. The zero-order chi connectivity index (χ0) is 22.9. The summed E-state index contributed by atoms with van der Waals surface area (Å²) in [6, 6.07) is 10.2. The number of rotatable bonds is 6. The van der Waals surface area contributed by atoms with Gasteiger partial charge in [-0.2, -0.15) is 26.3 Å². The Labute approximate surface area is 177 Å². The van der Waals surface area contributed by atoms with E-state index in [2.05, 4.69) is 9.71 Å². The lowest BCUT2D eigenvalue weighted by Crippen LogP contribution is -2.26. The Balaban J connectivity index is 1.70. The van der Waals surface area contributed by atoms with E-state index < -0.39 is 33.6 Å². The van der Waals surface area contributed by atoms with E-state index in [-0.39, 0.29) is 27.6 Å². The van der Waals surface area contributed by atoms with E-state index in [0.717, 1.165) is 30.0 Å². The van der Waals surface area contributed by atoms with Crippen LogP contribution in [-0.4, -0.2) is 25.7 Å². The average molecular weight is 480 g/mol. The van der Waals surface area contributed by atoms with Crippen molar-refractivity contribution in [2.24, 2.45) is 0 Å². The molecule has 0 unspecified atom stereocenters. The fourth-order valence-electron chi connectivity index (χ4n) is 2.65. The van der Waals surface area contributed by atoms with Crippen LogP contribution >= 0.6 is 11.8 Å². The lowest BCUT2D eigenvalue weighted by Gasteiger charge is -2.12. The number of aromatic nitrogens is 1. The molecule has 166 valence electrons. The zero-order valence-electron chi connectivity index (χ0n) is 15.5. The maximum Gasteiger partial charge on any atom is 0.433 e. The molecule has 0 bridgehead atoms. The lowest BCUT2D eigenvalue weighted by atomic mass is 10.2. The van der Waals surface area contributed by atoms with Crippen molar-refractivity contribution in [1.29, 1.82) is 0 Å². The molecule has 0 aliphatic heterocycles. The summed E-state index contributed by atoms with van der Waals surface area (Å²) in [6.07, 6.45) is -9.22. The van der Waals surface area contributed by atoms with Gasteiger partial charge in [-0.15, -0.1) is 11.8 Å². The van der Waals surface area contributed by atoms with Crippen molar-refractivity contribution in [3.05, 3.63) is 65.9 Å². The van der Waals surface area contributed by atoms with Gasteiger partial charge in [0.25, 0.3) is 0 Å². The summed E-state index contributed by atoms with van der Waals surface area (Å²) in [6.45, 7) is -0.147. The van der Waals surface area contributed by atoms with Crippen molar-refractivity contribution in [2.75, 3.05) is 12.3 Å². The molecule has 3 rings (SSSR count). The number of hydrogen-bond acceptors (Lipinski definition) is 4. The first-order valence-corrected chi connectivity index (χ1v) is 11.1. The first-order valence-electron chi connectivity index (χ1n) is 8.65. The summed E-state index contributed by atoms with van der Waals surface area (Å²) < 4.78 is 104. The Bertz CT molecular complexity index is 1180. The highest BCUT2D eigenvalue weighted by Gasteiger charge is 2.33. The van der Waals surface area contributed by atoms with Crippen molar-refractivity contribution in [2.45, 2.75) is 22.1 Å². The first kappa shape index (κ1) is 23.4. The normalized spacial score (nSPS) is 13.0. The number of para-hydroxylation sites is 1. The second-order valence-corrected chi connectivity index (χ2v) is 9.19. The fraction of sp³-hybridized carbons (Fsp3) is 0.211. The number of sulfonamides is 1. The molecule has 0 fully saturated rings. The van der Waals surface area contributed by atoms with E-state index in [0.29, 0.717) is 17.5 Å². The summed E-state index contributed by atoms with van der Waals surface area (Å²) in [5.41, 5.74) is -1.88. The third-order valence-electron chi connectivity index (χ3n) is 4.11. The Hall–Kier alpha value is -2.31. The molecule has 0 saturated carbocycles. The number of nitrogens with zero attached hydrogens (tertiary/aromatic N) is 1. The van der Waals surface area contributed by atoms with Crippen molar-refractivity contribution in [1.82, 2.24) is 9.71 Å². The molecular weight excluding hydrogens is 466 g/mol. The van der Waals surface area contributed by atoms with Gasteiger partial charge in [0.1, 0.15) is 5.69 Å². The Morgan fingerprint density at radius 3 is 2.16 bits per heavy atom. The van der Waals surface area contributed by atoms with Crippen LogP contribution in [0.25, 0.3) is 10.9 Å². The van der Waals surface area contributed by atoms with Crippen molar-refractivity contribution >= 4 is 32.7 Å². The molecule has 0 atom stereocenters. The number of alkyl halides is 6. The van der Waals surface area contributed by atoms with Gasteiger partial charge in [0.2, 0.25) is 10.0 Å².